The van der Waals surface area contributed by atoms with Crippen LogP contribution in [0.3, 0.4) is 0 Å². The molecule has 0 aliphatic rings. The van der Waals surface area contributed by atoms with E-state index in [-0.39, 0.29) is 33.3 Å². The van der Waals surface area contributed by atoms with E-state index in [0.29, 0.717) is 0 Å². The smallest absolute Gasteiger partial charge is 0 e. The minimum Gasteiger partial charge on any atom is -0.358 e. The third-order valence-corrected chi connectivity index (χ3v) is 6.83. The zero-order valence-corrected chi connectivity index (χ0v) is 29.1. The number of hydrogen-bond acceptors (Lipinski definition) is 0. The topological polar surface area (TPSA) is 0 Å². The first-order valence-electron chi connectivity index (χ1n) is 14.4. The van der Waals surface area contributed by atoms with Crippen molar-refractivity contribution in [3.05, 3.63) is 220 Å². The molecule has 0 saturated heterocycles. The second-order valence-corrected chi connectivity index (χ2v) is 9.78. The molecule has 0 saturated carbocycles. The van der Waals surface area contributed by atoms with Gasteiger partial charge in [-0.25, -0.2) is 0 Å². The monoisotopic (exact) mass is 744 g/mol. The molecule has 9 aromatic rings. The molecule has 0 aliphatic heterocycles. The van der Waals surface area contributed by atoms with Crippen molar-refractivity contribution in [2.75, 3.05) is 0 Å². The molecule has 0 radical (unpaired) electrons. The molecule has 1 heteroatoms. The summed E-state index contributed by atoms with van der Waals surface area (Å²) in [6, 6.07) is 73.6. The average Bonchev–Trinajstić information content (AvgIpc) is 3.86. The van der Waals surface area contributed by atoms with E-state index < -0.39 is 0 Å². The van der Waals surface area contributed by atoms with E-state index in [4.69, 9.17) is 0 Å². The van der Waals surface area contributed by atoms with Crippen molar-refractivity contribution in [3.8, 4) is 0 Å². The summed E-state index contributed by atoms with van der Waals surface area (Å²) in [6.45, 7) is 0. The Bertz CT molecular complexity index is 1760. The van der Waals surface area contributed by atoms with Crippen LogP contribution in [0.5, 0.6) is 0 Å². The molecular weight excluding hydrogens is 707 g/mol. The van der Waals surface area contributed by atoms with Crippen LogP contribution in [0.2, 0.25) is 0 Å². The van der Waals surface area contributed by atoms with Gasteiger partial charge in [0, 0.05) is 25.8 Å². The Morgan fingerprint density at radius 2 is 0.711 bits per heavy atom. The van der Waals surface area contributed by atoms with Gasteiger partial charge in [0.15, 0.2) is 0 Å². The molecule has 0 atom stereocenters. The first-order chi connectivity index (χ1) is 21.4. The van der Waals surface area contributed by atoms with Crippen molar-refractivity contribution in [1.82, 2.24) is 0 Å². The van der Waals surface area contributed by atoms with E-state index in [9.17, 15) is 0 Å². The molecule has 0 aromatic heterocycles. The van der Waals surface area contributed by atoms with Crippen LogP contribution in [-0.4, -0.2) is 0 Å². The second kappa shape index (κ2) is 19.5. The largest absolute Gasteiger partial charge is 0.358 e. The fraction of sp³-hybridized carbons (Fsp3) is 0. The molecule has 9 rings (SSSR count). The minimum atomic E-state index is 0. The maximum absolute atomic E-state index is 2.89. The van der Waals surface area contributed by atoms with Gasteiger partial charge in [-0.05, 0) is 0 Å². The summed E-state index contributed by atoms with van der Waals surface area (Å²) >= 11 is 0. The Balaban J connectivity index is 0.000000157. The van der Waals surface area contributed by atoms with Gasteiger partial charge in [-0.3, -0.25) is 0 Å². The van der Waals surface area contributed by atoms with Gasteiger partial charge in [0.2, 0.25) is 0 Å². The third kappa shape index (κ3) is 10.7. The van der Waals surface area contributed by atoms with Crippen LogP contribution in [0.4, 0.5) is 0 Å². The second-order valence-electron chi connectivity index (χ2n) is 9.78. The summed E-state index contributed by atoms with van der Waals surface area (Å²) in [5, 5.41) is 10.7. The van der Waals surface area contributed by atoms with Gasteiger partial charge in [0.1, 0.15) is 0 Å². The van der Waals surface area contributed by atoms with Crippen molar-refractivity contribution in [1.29, 1.82) is 0 Å². The van der Waals surface area contributed by atoms with Gasteiger partial charge < -0.3 is 7.43 Å². The van der Waals surface area contributed by atoms with Crippen molar-refractivity contribution in [3.63, 3.8) is 0 Å². The third-order valence-electron chi connectivity index (χ3n) is 6.83. The maximum atomic E-state index is 2.89. The van der Waals surface area contributed by atoms with Crippen molar-refractivity contribution < 1.29 is 25.8 Å². The molecule has 0 aliphatic carbocycles. The number of rotatable bonds is 0. The minimum absolute atomic E-state index is 0. The average molecular weight is 743 g/mol. The van der Waals surface area contributed by atoms with Crippen LogP contribution in [0.1, 0.15) is 0 Å². The van der Waals surface area contributed by atoms with E-state index in [2.05, 4.69) is 152 Å². The normalized spacial score (nSPS) is 9.42. The van der Waals surface area contributed by atoms with Gasteiger partial charge in [0.05, 0.1) is 0 Å². The summed E-state index contributed by atoms with van der Waals surface area (Å²) in [5.74, 6) is 0. The Morgan fingerprint density at radius 3 is 1.04 bits per heavy atom. The van der Waals surface area contributed by atoms with Crippen LogP contribution >= 0.6 is 0 Å². The predicted molar refractivity (Wildman–Crippen MR) is 193 cm³/mol. The van der Waals surface area contributed by atoms with Crippen molar-refractivity contribution >= 4 is 43.1 Å². The molecule has 0 amide bonds. The van der Waals surface area contributed by atoms with E-state index >= 15 is 0 Å². The number of benzene rings is 6. The SMILES string of the molecule is [CH3-].[Hf].[c-]1ccccc1.[c-]1ccccc1.c1ccc2[cH-]ccc2c1.c1ccc2[cH-]ccc2c1.c1ccc2c(c1)[cH-]c1ccccc12. The van der Waals surface area contributed by atoms with E-state index in [1.807, 2.05) is 60.7 Å². The Kier molecular flexibility index (Phi) is 15.1. The number of fused-ring (bicyclic) bond motifs is 5. The fourth-order valence-electron chi connectivity index (χ4n) is 4.73. The van der Waals surface area contributed by atoms with Crippen LogP contribution in [0.25, 0.3) is 43.1 Å². The number of hydrogen-bond donors (Lipinski definition) is 0. The summed E-state index contributed by atoms with van der Waals surface area (Å²) in [6.07, 6.45) is 0. The summed E-state index contributed by atoms with van der Waals surface area (Å²) in [5.41, 5.74) is 0. The predicted octanol–water partition coefficient (Wildman–Crippen LogP) is 12.3. The molecule has 0 N–H and O–H groups in total. The fourth-order valence-corrected chi connectivity index (χ4v) is 4.73. The molecule has 0 nitrogen and oxygen atoms in total. The Hall–Kier alpha value is -4.72. The summed E-state index contributed by atoms with van der Waals surface area (Å²) in [7, 11) is 0. The molecular formula is C44H36Hf-6. The quantitative estimate of drug-likeness (QED) is 0.107. The molecule has 9 aromatic carbocycles. The summed E-state index contributed by atoms with van der Waals surface area (Å²) in [4.78, 5) is 0. The Labute approximate surface area is 287 Å². The van der Waals surface area contributed by atoms with E-state index in [1.54, 1.807) is 0 Å². The van der Waals surface area contributed by atoms with Gasteiger partial charge in [-0.15, -0.1) is 99.0 Å². The first kappa shape index (κ1) is 34.8. The first-order valence-corrected chi connectivity index (χ1v) is 14.4. The molecule has 45 heavy (non-hydrogen) atoms. The molecule has 0 spiro atoms. The summed E-state index contributed by atoms with van der Waals surface area (Å²) < 4.78 is 0. The van der Waals surface area contributed by atoms with Crippen molar-refractivity contribution in [2.24, 2.45) is 0 Å². The van der Waals surface area contributed by atoms with Crippen LogP contribution < -0.4 is 0 Å². The van der Waals surface area contributed by atoms with E-state index in [0.717, 1.165) is 0 Å². The van der Waals surface area contributed by atoms with Crippen molar-refractivity contribution in [2.45, 2.75) is 0 Å². The van der Waals surface area contributed by atoms with Crippen LogP contribution in [0, 0.1) is 19.6 Å². The van der Waals surface area contributed by atoms with Gasteiger partial charge >= 0.3 is 0 Å². The molecule has 0 heterocycles. The standard InChI is InChI=1S/C13H9.2C9H7.2C6H5.CH3.Hf/c1-3-7-12-10(5-1)9-11-6-2-4-8-13(11)12;2*1-2-5-9-7-3-6-8(9)4-1;2*1-2-4-6-5-3-1;;/h1-9H;2*1-7H;2*1-5H;1H3;/q6*-1;. The maximum Gasteiger partial charge on any atom is 0 e. The molecule has 222 valence electrons. The zero-order chi connectivity index (χ0) is 29.4. The Morgan fingerprint density at radius 1 is 0.356 bits per heavy atom. The van der Waals surface area contributed by atoms with Crippen LogP contribution in [-0.2, 0) is 25.8 Å². The molecule has 0 unspecified atom stereocenters. The van der Waals surface area contributed by atoms with Crippen LogP contribution in [0.15, 0.2) is 200 Å². The van der Waals surface area contributed by atoms with Gasteiger partial charge in [0.25, 0.3) is 0 Å². The van der Waals surface area contributed by atoms with E-state index in [1.165, 1.54) is 43.1 Å². The molecule has 0 bridgehead atoms. The van der Waals surface area contributed by atoms with Gasteiger partial charge in [-0.1, -0.05) is 48.5 Å². The zero-order valence-electron chi connectivity index (χ0n) is 25.6. The van der Waals surface area contributed by atoms with Gasteiger partial charge in [-0.2, -0.15) is 108 Å². The molecule has 0 fully saturated rings.